The number of hydrogen-bond acceptors (Lipinski definition) is 4. The second-order valence-corrected chi connectivity index (χ2v) is 6.91. The van der Waals surface area contributed by atoms with Gasteiger partial charge in [-0.05, 0) is 37.7 Å². The summed E-state index contributed by atoms with van der Waals surface area (Å²) in [5.74, 6) is 2.33. The monoisotopic (exact) mass is 510 g/mol. The molecule has 1 heterocycles. The van der Waals surface area contributed by atoms with Crippen LogP contribution in [0.2, 0.25) is 0 Å². The zero-order valence-electron chi connectivity index (χ0n) is 17.2. The number of nitrogens with one attached hydrogen (secondary N) is 2. The number of fused-ring (bicyclic) bond motifs is 1. The SMILES string of the molecule is CN=C(NCCCN(C)Cc1ccccc1)Nc1ccc2c(c1)OCCCO2.I. The van der Waals surface area contributed by atoms with Crippen LogP contribution in [0, 0.1) is 0 Å². The molecule has 7 heteroatoms. The van der Waals surface area contributed by atoms with Crippen molar-refractivity contribution in [2.24, 2.45) is 4.99 Å². The Labute approximate surface area is 190 Å². The molecule has 0 radical (unpaired) electrons. The molecular weight excluding hydrogens is 479 g/mol. The highest BCUT2D eigenvalue weighted by Crippen LogP contribution is 2.32. The molecular formula is C22H31IN4O2. The summed E-state index contributed by atoms with van der Waals surface area (Å²) < 4.78 is 11.4. The second kappa shape index (κ2) is 12.5. The van der Waals surface area contributed by atoms with Gasteiger partial charge in [-0.3, -0.25) is 4.99 Å². The van der Waals surface area contributed by atoms with E-state index in [2.05, 4.69) is 57.9 Å². The number of rotatable bonds is 7. The van der Waals surface area contributed by atoms with E-state index in [1.165, 1.54) is 5.56 Å². The van der Waals surface area contributed by atoms with Crippen molar-refractivity contribution in [3.63, 3.8) is 0 Å². The standard InChI is InChI=1S/C22H30N4O2.HI/c1-23-22(24-12-6-13-26(2)17-18-8-4-3-5-9-18)25-19-10-11-20-21(16-19)28-15-7-14-27-20;/h3-5,8-11,16H,6-7,12-15,17H2,1-2H3,(H2,23,24,25);1H. The van der Waals surface area contributed by atoms with Crippen molar-refractivity contribution in [2.45, 2.75) is 19.4 Å². The molecule has 3 rings (SSSR count). The summed E-state index contributed by atoms with van der Waals surface area (Å²) in [4.78, 5) is 6.64. The van der Waals surface area contributed by atoms with Crippen LogP contribution in [0.3, 0.4) is 0 Å². The van der Waals surface area contributed by atoms with E-state index in [-0.39, 0.29) is 24.0 Å². The Bertz CT molecular complexity index is 771. The van der Waals surface area contributed by atoms with Crippen molar-refractivity contribution in [3.05, 3.63) is 54.1 Å². The number of halogens is 1. The third-order valence-corrected chi connectivity index (χ3v) is 4.54. The lowest BCUT2D eigenvalue weighted by Crippen LogP contribution is -2.33. The Kier molecular flexibility index (Phi) is 10.1. The summed E-state index contributed by atoms with van der Waals surface area (Å²) >= 11 is 0. The number of benzene rings is 2. The van der Waals surface area contributed by atoms with Crippen LogP contribution in [-0.4, -0.2) is 51.3 Å². The Hall–Kier alpha value is -2.00. The molecule has 0 atom stereocenters. The predicted molar refractivity (Wildman–Crippen MR) is 130 cm³/mol. The van der Waals surface area contributed by atoms with Crippen molar-refractivity contribution < 1.29 is 9.47 Å². The summed E-state index contributed by atoms with van der Waals surface area (Å²) in [6.07, 6.45) is 1.94. The molecule has 0 amide bonds. The molecule has 0 saturated heterocycles. The van der Waals surface area contributed by atoms with Crippen LogP contribution in [0.25, 0.3) is 0 Å². The maximum absolute atomic E-state index is 5.75. The fraction of sp³-hybridized carbons (Fsp3) is 0.409. The molecule has 0 fully saturated rings. The van der Waals surface area contributed by atoms with E-state index in [0.29, 0.717) is 13.2 Å². The van der Waals surface area contributed by atoms with Crippen LogP contribution >= 0.6 is 24.0 Å². The van der Waals surface area contributed by atoms with Gasteiger partial charge in [0.1, 0.15) is 0 Å². The molecule has 158 valence electrons. The average Bonchev–Trinajstić information content (AvgIpc) is 2.96. The van der Waals surface area contributed by atoms with Gasteiger partial charge >= 0.3 is 0 Å². The largest absolute Gasteiger partial charge is 0.490 e. The Morgan fingerprint density at radius 2 is 1.83 bits per heavy atom. The summed E-state index contributed by atoms with van der Waals surface area (Å²) in [6.45, 7) is 4.21. The van der Waals surface area contributed by atoms with Crippen LogP contribution < -0.4 is 20.1 Å². The molecule has 0 bridgehead atoms. The molecule has 2 aromatic carbocycles. The summed E-state index contributed by atoms with van der Waals surface area (Å²) in [7, 11) is 3.93. The van der Waals surface area contributed by atoms with Gasteiger partial charge in [0.15, 0.2) is 17.5 Å². The van der Waals surface area contributed by atoms with Crippen LogP contribution in [0.1, 0.15) is 18.4 Å². The smallest absolute Gasteiger partial charge is 0.195 e. The van der Waals surface area contributed by atoms with Crippen LogP contribution in [0.4, 0.5) is 5.69 Å². The molecule has 0 saturated carbocycles. The van der Waals surface area contributed by atoms with Gasteiger partial charge in [0.05, 0.1) is 13.2 Å². The van der Waals surface area contributed by atoms with Crippen molar-refractivity contribution in [2.75, 3.05) is 45.7 Å². The Morgan fingerprint density at radius 1 is 1.07 bits per heavy atom. The average molecular weight is 510 g/mol. The first-order valence-electron chi connectivity index (χ1n) is 9.84. The maximum atomic E-state index is 5.75. The summed E-state index contributed by atoms with van der Waals surface area (Å²) in [6, 6.07) is 16.4. The predicted octanol–water partition coefficient (Wildman–Crippen LogP) is 3.98. The summed E-state index contributed by atoms with van der Waals surface area (Å²) in [5, 5.41) is 6.69. The van der Waals surface area contributed by atoms with Gasteiger partial charge in [0.25, 0.3) is 0 Å². The summed E-state index contributed by atoms with van der Waals surface area (Å²) in [5.41, 5.74) is 2.27. The molecule has 1 aliphatic heterocycles. The minimum Gasteiger partial charge on any atom is -0.490 e. The topological polar surface area (TPSA) is 58.1 Å². The number of anilines is 1. The quantitative estimate of drug-likeness (QED) is 0.256. The lowest BCUT2D eigenvalue weighted by atomic mass is 10.2. The first-order valence-corrected chi connectivity index (χ1v) is 9.84. The fourth-order valence-corrected chi connectivity index (χ4v) is 3.09. The normalized spacial score (nSPS) is 13.4. The van der Waals surface area contributed by atoms with Crippen LogP contribution in [-0.2, 0) is 6.54 Å². The molecule has 2 aromatic rings. The molecule has 0 aliphatic carbocycles. The van der Waals surface area contributed by atoms with E-state index >= 15 is 0 Å². The van der Waals surface area contributed by atoms with Gasteiger partial charge < -0.3 is 25.0 Å². The number of ether oxygens (including phenoxy) is 2. The van der Waals surface area contributed by atoms with E-state index in [0.717, 1.165) is 55.6 Å². The van der Waals surface area contributed by atoms with E-state index in [4.69, 9.17) is 9.47 Å². The van der Waals surface area contributed by atoms with Crippen molar-refractivity contribution >= 4 is 35.6 Å². The first-order chi connectivity index (χ1) is 13.7. The zero-order chi connectivity index (χ0) is 19.6. The van der Waals surface area contributed by atoms with Gasteiger partial charge in [-0.1, -0.05) is 30.3 Å². The van der Waals surface area contributed by atoms with E-state index < -0.39 is 0 Å². The first kappa shape index (κ1) is 23.3. The highest BCUT2D eigenvalue weighted by Gasteiger charge is 2.11. The Morgan fingerprint density at radius 3 is 2.59 bits per heavy atom. The molecule has 1 aliphatic rings. The minimum absolute atomic E-state index is 0. The van der Waals surface area contributed by atoms with Crippen molar-refractivity contribution in [1.29, 1.82) is 0 Å². The lowest BCUT2D eigenvalue weighted by Gasteiger charge is -2.18. The maximum Gasteiger partial charge on any atom is 0.195 e. The molecule has 0 unspecified atom stereocenters. The molecule has 0 aromatic heterocycles. The van der Waals surface area contributed by atoms with Gasteiger partial charge in [0.2, 0.25) is 0 Å². The van der Waals surface area contributed by atoms with E-state index in [9.17, 15) is 0 Å². The van der Waals surface area contributed by atoms with Gasteiger partial charge in [-0.2, -0.15) is 0 Å². The number of nitrogens with zero attached hydrogens (tertiary/aromatic N) is 2. The van der Waals surface area contributed by atoms with Gasteiger partial charge in [-0.15, -0.1) is 24.0 Å². The lowest BCUT2D eigenvalue weighted by molar-refractivity contribution is 0.297. The van der Waals surface area contributed by atoms with E-state index in [1.807, 2.05) is 18.2 Å². The molecule has 6 nitrogen and oxygen atoms in total. The second-order valence-electron chi connectivity index (χ2n) is 6.91. The third kappa shape index (κ3) is 7.74. The number of guanidine groups is 1. The number of aliphatic imine (C=N–C) groups is 1. The van der Waals surface area contributed by atoms with Crippen molar-refractivity contribution in [1.82, 2.24) is 10.2 Å². The van der Waals surface area contributed by atoms with Gasteiger partial charge in [0, 0.05) is 38.3 Å². The fourth-order valence-electron chi connectivity index (χ4n) is 3.09. The van der Waals surface area contributed by atoms with Crippen LogP contribution in [0.5, 0.6) is 11.5 Å². The molecule has 0 spiro atoms. The zero-order valence-corrected chi connectivity index (χ0v) is 19.5. The van der Waals surface area contributed by atoms with Crippen molar-refractivity contribution in [3.8, 4) is 11.5 Å². The van der Waals surface area contributed by atoms with Gasteiger partial charge in [-0.25, -0.2) is 0 Å². The molecule has 2 N–H and O–H groups in total. The van der Waals surface area contributed by atoms with Crippen LogP contribution in [0.15, 0.2) is 53.5 Å². The highest BCUT2D eigenvalue weighted by atomic mass is 127. The molecule has 29 heavy (non-hydrogen) atoms. The third-order valence-electron chi connectivity index (χ3n) is 4.54. The van der Waals surface area contributed by atoms with E-state index in [1.54, 1.807) is 7.05 Å². The highest BCUT2D eigenvalue weighted by molar-refractivity contribution is 14.0. The number of hydrogen-bond donors (Lipinski definition) is 2. The Balaban J connectivity index is 0.00000300. The minimum atomic E-state index is 0.